The molecule has 216 valence electrons. The molecule has 5 N–H and O–H groups in total. The summed E-state index contributed by atoms with van der Waals surface area (Å²) in [5.41, 5.74) is 1.64. The topological polar surface area (TPSA) is 149 Å². The molecule has 2 aromatic carbocycles. The highest BCUT2D eigenvalue weighted by atomic mass is 19.1. The van der Waals surface area contributed by atoms with Gasteiger partial charge in [-0.2, -0.15) is 0 Å². The highest BCUT2D eigenvalue weighted by Gasteiger charge is 2.32. The van der Waals surface area contributed by atoms with Gasteiger partial charge in [0.25, 0.3) is 5.91 Å². The summed E-state index contributed by atoms with van der Waals surface area (Å²) in [5.74, 6) is -3.07. The van der Waals surface area contributed by atoms with Crippen LogP contribution in [0.4, 0.5) is 4.39 Å². The van der Waals surface area contributed by atoms with Crippen LogP contribution in [0.2, 0.25) is 0 Å². The van der Waals surface area contributed by atoms with Crippen molar-refractivity contribution in [2.24, 2.45) is 11.8 Å². The van der Waals surface area contributed by atoms with Crippen LogP contribution >= 0.6 is 0 Å². The van der Waals surface area contributed by atoms with Gasteiger partial charge in [0.05, 0.1) is 6.04 Å². The Labute approximate surface area is 236 Å². The predicted molar refractivity (Wildman–Crippen MR) is 150 cm³/mol. The van der Waals surface area contributed by atoms with Gasteiger partial charge in [0.2, 0.25) is 17.7 Å². The smallest absolute Gasteiger partial charge is 0.268 e. The van der Waals surface area contributed by atoms with Gasteiger partial charge in [-0.15, -0.1) is 0 Å². The van der Waals surface area contributed by atoms with E-state index in [0.717, 1.165) is 10.9 Å². The third kappa shape index (κ3) is 7.56. The van der Waals surface area contributed by atoms with Crippen LogP contribution in [0.1, 0.15) is 42.7 Å². The Morgan fingerprint density at radius 3 is 2.39 bits per heavy atom. The second kappa shape index (κ2) is 13.2. The van der Waals surface area contributed by atoms with Crippen molar-refractivity contribution in [1.82, 2.24) is 26.3 Å². The molecule has 1 aliphatic rings. The van der Waals surface area contributed by atoms with Crippen LogP contribution in [0.5, 0.6) is 0 Å². The van der Waals surface area contributed by atoms with Crippen molar-refractivity contribution in [2.75, 3.05) is 6.54 Å². The van der Waals surface area contributed by atoms with Crippen molar-refractivity contribution in [3.8, 4) is 0 Å². The molecule has 10 nitrogen and oxygen atoms in total. The van der Waals surface area contributed by atoms with Crippen LogP contribution in [0.25, 0.3) is 10.9 Å². The van der Waals surface area contributed by atoms with Gasteiger partial charge in [0.1, 0.15) is 29.9 Å². The number of rotatable bonds is 12. The van der Waals surface area contributed by atoms with Gasteiger partial charge in [-0.25, -0.2) is 4.39 Å². The van der Waals surface area contributed by atoms with E-state index in [0.29, 0.717) is 24.8 Å². The zero-order valence-electron chi connectivity index (χ0n) is 22.9. The maximum Gasteiger partial charge on any atom is 0.268 e. The van der Waals surface area contributed by atoms with Crippen LogP contribution in [-0.2, 0) is 25.6 Å². The van der Waals surface area contributed by atoms with E-state index in [4.69, 9.17) is 0 Å². The number of hydrogen-bond donors (Lipinski definition) is 5. The molecule has 0 radical (unpaired) electrons. The number of aromatic nitrogens is 1. The fraction of sp³-hybridized carbons (Fsp3) is 0.367. The van der Waals surface area contributed by atoms with Crippen molar-refractivity contribution >= 4 is 40.8 Å². The summed E-state index contributed by atoms with van der Waals surface area (Å²) in [7, 11) is 0. The zero-order chi connectivity index (χ0) is 29.5. The van der Waals surface area contributed by atoms with Crippen molar-refractivity contribution in [2.45, 2.75) is 51.2 Å². The minimum Gasteiger partial charge on any atom is -0.356 e. The van der Waals surface area contributed by atoms with Gasteiger partial charge in [0, 0.05) is 29.8 Å². The van der Waals surface area contributed by atoms with Crippen LogP contribution < -0.4 is 21.3 Å². The second-order valence-electron chi connectivity index (χ2n) is 10.6. The summed E-state index contributed by atoms with van der Waals surface area (Å²) in [5, 5.41) is 11.6. The molecule has 2 heterocycles. The van der Waals surface area contributed by atoms with E-state index in [9.17, 15) is 28.4 Å². The summed E-state index contributed by atoms with van der Waals surface area (Å²) >= 11 is 0. The van der Waals surface area contributed by atoms with Crippen molar-refractivity contribution in [3.63, 3.8) is 0 Å². The minimum absolute atomic E-state index is 0.00806. The first kappa shape index (κ1) is 29.4. The Morgan fingerprint density at radius 2 is 1.76 bits per heavy atom. The molecule has 0 bridgehead atoms. The molecule has 41 heavy (non-hydrogen) atoms. The van der Waals surface area contributed by atoms with E-state index in [1.165, 1.54) is 24.3 Å². The van der Waals surface area contributed by atoms with E-state index in [1.807, 2.05) is 24.3 Å². The molecule has 1 fully saturated rings. The number of fused-ring (bicyclic) bond motifs is 1. The summed E-state index contributed by atoms with van der Waals surface area (Å²) in [6, 6.07) is 11.5. The molecule has 0 spiro atoms. The number of aldehydes is 1. The maximum atomic E-state index is 13.5. The zero-order valence-corrected chi connectivity index (χ0v) is 22.9. The summed E-state index contributed by atoms with van der Waals surface area (Å²) in [6.07, 6.45) is 1.26. The molecule has 0 unspecified atom stereocenters. The maximum absolute atomic E-state index is 13.5. The lowest BCUT2D eigenvalue weighted by molar-refractivity contribution is -0.131. The molecule has 4 atom stereocenters. The number of amides is 4. The van der Waals surface area contributed by atoms with Gasteiger partial charge in [-0.05, 0) is 48.6 Å². The molecule has 1 aliphatic heterocycles. The fourth-order valence-electron chi connectivity index (χ4n) is 4.88. The third-order valence-corrected chi connectivity index (χ3v) is 7.19. The average Bonchev–Trinajstić information content (AvgIpc) is 3.57. The van der Waals surface area contributed by atoms with E-state index in [1.54, 1.807) is 19.9 Å². The molecule has 3 aromatic rings. The SMILES string of the molecule is CC(C)[C@H](NC(=O)c1cc2ccccc2[nH]1)C(=O)N[C@@H](Cc1ccc(F)cc1)C(=O)N[C@H](C=O)C[C@@H]1CCNC1=O. The number of halogens is 1. The molecule has 1 aromatic heterocycles. The lowest BCUT2D eigenvalue weighted by Crippen LogP contribution is -2.57. The normalized spacial score (nSPS) is 17.0. The number of carbonyl (C=O) groups is 5. The Kier molecular flexibility index (Phi) is 9.49. The molecule has 4 amide bonds. The highest BCUT2D eigenvalue weighted by Crippen LogP contribution is 2.17. The summed E-state index contributed by atoms with van der Waals surface area (Å²) in [4.78, 5) is 66.6. The van der Waals surface area contributed by atoms with Crippen LogP contribution in [-0.4, -0.2) is 59.6 Å². The van der Waals surface area contributed by atoms with E-state index < -0.39 is 47.6 Å². The quantitative estimate of drug-likeness (QED) is 0.214. The lowest BCUT2D eigenvalue weighted by atomic mass is 9.98. The molecular formula is C30H34FN5O5. The second-order valence-corrected chi connectivity index (χ2v) is 10.6. The largest absolute Gasteiger partial charge is 0.356 e. The molecule has 1 saturated heterocycles. The van der Waals surface area contributed by atoms with Gasteiger partial charge in [0.15, 0.2) is 0 Å². The number of benzene rings is 2. The number of para-hydroxylation sites is 1. The van der Waals surface area contributed by atoms with Crippen molar-refractivity contribution in [1.29, 1.82) is 0 Å². The van der Waals surface area contributed by atoms with Gasteiger partial charge >= 0.3 is 0 Å². The first-order valence-corrected chi connectivity index (χ1v) is 13.6. The summed E-state index contributed by atoms with van der Waals surface area (Å²) < 4.78 is 13.5. The first-order chi connectivity index (χ1) is 19.6. The van der Waals surface area contributed by atoms with E-state index in [2.05, 4.69) is 26.3 Å². The number of nitrogens with one attached hydrogen (secondary N) is 5. The molecule has 11 heteroatoms. The molecule has 4 rings (SSSR count). The predicted octanol–water partition coefficient (Wildman–Crippen LogP) is 2.00. The monoisotopic (exact) mass is 563 g/mol. The first-order valence-electron chi connectivity index (χ1n) is 13.6. The Hall–Kier alpha value is -4.54. The lowest BCUT2D eigenvalue weighted by Gasteiger charge is -2.26. The molecule has 0 aliphatic carbocycles. The van der Waals surface area contributed by atoms with Crippen LogP contribution in [0.15, 0.2) is 54.6 Å². The van der Waals surface area contributed by atoms with Gasteiger partial charge < -0.3 is 31.0 Å². The summed E-state index contributed by atoms with van der Waals surface area (Å²) in [6.45, 7) is 4.03. The van der Waals surface area contributed by atoms with Crippen molar-refractivity contribution < 1.29 is 28.4 Å². The average molecular weight is 564 g/mol. The van der Waals surface area contributed by atoms with Crippen LogP contribution in [0.3, 0.4) is 0 Å². The Bertz CT molecular complexity index is 1390. The fourth-order valence-corrected chi connectivity index (χ4v) is 4.88. The van der Waals surface area contributed by atoms with E-state index >= 15 is 0 Å². The molecule has 0 saturated carbocycles. The van der Waals surface area contributed by atoms with Gasteiger partial charge in [-0.1, -0.05) is 44.2 Å². The van der Waals surface area contributed by atoms with Gasteiger partial charge in [-0.3, -0.25) is 19.2 Å². The van der Waals surface area contributed by atoms with E-state index in [-0.39, 0.29) is 30.4 Å². The molecular weight excluding hydrogens is 529 g/mol. The van der Waals surface area contributed by atoms with Crippen LogP contribution in [0, 0.1) is 17.7 Å². The Balaban J connectivity index is 1.49. The minimum atomic E-state index is -1.14. The highest BCUT2D eigenvalue weighted by molar-refractivity contribution is 6.00. The number of hydrogen-bond acceptors (Lipinski definition) is 5. The Morgan fingerprint density at radius 1 is 1.02 bits per heavy atom. The third-order valence-electron chi connectivity index (χ3n) is 7.19. The number of H-pyrrole nitrogens is 1. The number of carbonyl (C=O) groups excluding carboxylic acids is 5. The standard InChI is InChI=1S/C30H34FN5O5/c1-17(2)26(36-29(40)25-15-19-5-3-4-6-23(19)34-25)30(41)35-24(13-18-7-9-21(31)10-8-18)28(39)33-22(16-37)14-20-11-12-32-27(20)38/h3-10,15-17,20,22,24,26,34H,11-14H2,1-2H3,(H,32,38)(H,33,39)(H,35,41)(H,36,40)/t20-,22-,24-,26-/m0/s1. The van der Waals surface area contributed by atoms with Crippen molar-refractivity contribution in [3.05, 3.63) is 71.7 Å². The number of aromatic amines is 1.